The van der Waals surface area contributed by atoms with E-state index in [9.17, 15) is 32.3 Å². The van der Waals surface area contributed by atoms with Gasteiger partial charge in [-0.1, -0.05) is 18.6 Å². The van der Waals surface area contributed by atoms with Gasteiger partial charge in [0, 0.05) is 13.1 Å². The van der Waals surface area contributed by atoms with Crippen molar-refractivity contribution in [3.8, 4) is 0 Å². The Morgan fingerprint density at radius 3 is 2.46 bits per heavy atom. The zero-order chi connectivity index (χ0) is 19.1. The van der Waals surface area contributed by atoms with Crippen LogP contribution < -0.4 is 5.32 Å². The van der Waals surface area contributed by atoms with Crippen LogP contribution in [0.1, 0.15) is 30.9 Å². The molecule has 1 aromatic carbocycles. The van der Waals surface area contributed by atoms with Crippen molar-refractivity contribution >= 4 is 12.0 Å². The third-order valence-corrected chi connectivity index (χ3v) is 5.38. The first kappa shape index (κ1) is 18.5. The largest absolute Gasteiger partial charge is 0.481 e. The molecule has 0 bridgehead atoms. The second-order valence-electron chi connectivity index (χ2n) is 6.91. The summed E-state index contributed by atoms with van der Waals surface area (Å²) >= 11 is 0. The molecular weight excluding hydrogens is 356 g/mol. The van der Waals surface area contributed by atoms with Gasteiger partial charge in [-0.05, 0) is 36.5 Å². The van der Waals surface area contributed by atoms with E-state index in [1.165, 1.54) is 0 Å². The third kappa shape index (κ3) is 3.22. The summed E-state index contributed by atoms with van der Waals surface area (Å²) in [5.41, 5.74) is -1.36. The highest BCUT2D eigenvalue weighted by atomic mass is 19.4. The number of amides is 2. The van der Waals surface area contributed by atoms with E-state index >= 15 is 0 Å². The van der Waals surface area contributed by atoms with Crippen LogP contribution in [0, 0.1) is 17.2 Å². The Bertz CT molecular complexity index is 707. The van der Waals surface area contributed by atoms with Crippen LogP contribution in [0.4, 0.5) is 22.4 Å². The molecule has 0 radical (unpaired) electrons. The van der Waals surface area contributed by atoms with E-state index in [1.54, 1.807) is 0 Å². The molecule has 1 aliphatic carbocycles. The Labute approximate surface area is 147 Å². The van der Waals surface area contributed by atoms with E-state index in [0.717, 1.165) is 35.6 Å². The molecule has 2 fully saturated rings. The first-order valence-corrected chi connectivity index (χ1v) is 8.24. The van der Waals surface area contributed by atoms with Crippen LogP contribution in [0.3, 0.4) is 0 Å². The lowest BCUT2D eigenvalue weighted by molar-refractivity contribution is -0.155. The molecule has 0 unspecified atom stereocenters. The molecule has 5 nitrogen and oxygen atoms in total. The number of fused-ring (bicyclic) bond motifs is 1. The molecule has 9 heteroatoms. The summed E-state index contributed by atoms with van der Waals surface area (Å²) in [6.07, 6.45) is -2.99. The minimum absolute atomic E-state index is 0.104. The molecular formula is C17H18F4N2O3. The van der Waals surface area contributed by atoms with Gasteiger partial charge in [0.25, 0.3) is 0 Å². The fourth-order valence-corrected chi connectivity index (χ4v) is 4.02. The molecule has 2 amide bonds. The van der Waals surface area contributed by atoms with Crippen LogP contribution in [0.2, 0.25) is 0 Å². The number of nitrogens with one attached hydrogen (secondary N) is 1. The smallest absolute Gasteiger partial charge is 0.412 e. The number of benzene rings is 1. The minimum Gasteiger partial charge on any atom is -0.481 e. The summed E-state index contributed by atoms with van der Waals surface area (Å²) in [6.45, 7) is 0.0129. The fraction of sp³-hybridized carbons (Fsp3) is 0.529. The molecule has 26 heavy (non-hydrogen) atoms. The van der Waals surface area contributed by atoms with Gasteiger partial charge < -0.3 is 15.3 Å². The summed E-state index contributed by atoms with van der Waals surface area (Å²) in [4.78, 5) is 25.2. The maximum absolute atomic E-state index is 13.4. The Balaban J connectivity index is 1.77. The van der Waals surface area contributed by atoms with E-state index in [-0.39, 0.29) is 24.6 Å². The van der Waals surface area contributed by atoms with E-state index in [0.29, 0.717) is 12.8 Å². The molecule has 3 rings (SSSR count). The molecule has 1 aromatic rings. The first-order chi connectivity index (χ1) is 12.1. The Morgan fingerprint density at radius 1 is 1.27 bits per heavy atom. The van der Waals surface area contributed by atoms with Gasteiger partial charge in [-0.3, -0.25) is 4.79 Å². The molecule has 3 atom stereocenters. The Morgan fingerprint density at radius 2 is 1.92 bits per heavy atom. The molecule has 1 heterocycles. The zero-order valence-electron chi connectivity index (χ0n) is 13.7. The maximum atomic E-state index is 13.4. The van der Waals surface area contributed by atoms with Crippen LogP contribution in [-0.2, 0) is 4.79 Å². The zero-order valence-corrected chi connectivity index (χ0v) is 13.7. The highest BCUT2D eigenvalue weighted by Gasteiger charge is 2.56. The molecule has 0 spiro atoms. The summed E-state index contributed by atoms with van der Waals surface area (Å²) in [6, 6.07) is 0.444. The molecule has 142 valence electrons. The van der Waals surface area contributed by atoms with Crippen molar-refractivity contribution in [2.45, 2.75) is 31.5 Å². The van der Waals surface area contributed by atoms with Crippen LogP contribution >= 0.6 is 0 Å². The van der Waals surface area contributed by atoms with Crippen molar-refractivity contribution in [2.75, 3.05) is 13.1 Å². The van der Waals surface area contributed by atoms with Crippen molar-refractivity contribution in [3.05, 3.63) is 35.6 Å². The van der Waals surface area contributed by atoms with Crippen LogP contribution in [0.15, 0.2) is 24.3 Å². The van der Waals surface area contributed by atoms with Gasteiger partial charge in [0.2, 0.25) is 0 Å². The second kappa shape index (κ2) is 6.44. The average Bonchev–Trinajstić information content (AvgIpc) is 3.10. The average molecular weight is 374 g/mol. The summed E-state index contributed by atoms with van der Waals surface area (Å²) in [5, 5.41) is 11.4. The summed E-state index contributed by atoms with van der Waals surface area (Å²) in [7, 11) is 0. The lowest BCUT2D eigenvalue weighted by atomic mass is 9.81. The maximum Gasteiger partial charge on any atom is 0.412 e. The first-order valence-electron chi connectivity index (χ1n) is 8.24. The molecule has 1 saturated carbocycles. The second-order valence-corrected chi connectivity index (χ2v) is 6.91. The van der Waals surface area contributed by atoms with Crippen LogP contribution in [0.5, 0.6) is 0 Å². The molecule has 0 aromatic heterocycles. The normalized spacial score (nSPS) is 26.5. The number of hydrogen-bond donors (Lipinski definition) is 2. The highest BCUT2D eigenvalue weighted by Crippen LogP contribution is 2.49. The lowest BCUT2D eigenvalue weighted by Crippen LogP contribution is -2.46. The molecule has 2 N–H and O–H groups in total. The van der Waals surface area contributed by atoms with Crippen molar-refractivity contribution < 1.29 is 32.3 Å². The van der Waals surface area contributed by atoms with Gasteiger partial charge in [-0.15, -0.1) is 0 Å². The SMILES string of the molecule is O=C(N[C@H](c1ccc(F)cc1)C(F)(F)F)N1C[C@@H]2CCC[C@@]2(C(=O)O)C1. The minimum atomic E-state index is -4.77. The van der Waals surface area contributed by atoms with Crippen molar-refractivity contribution in [2.24, 2.45) is 11.3 Å². The van der Waals surface area contributed by atoms with E-state index in [1.807, 2.05) is 5.32 Å². The number of hydrogen-bond acceptors (Lipinski definition) is 2. The van der Waals surface area contributed by atoms with Gasteiger partial charge in [0.1, 0.15) is 5.82 Å². The third-order valence-electron chi connectivity index (χ3n) is 5.38. The summed E-state index contributed by atoms with van der Waals surface area (Å²) < 4.78 is 53.1. The van der Waals surface area contributed by atoms with Crippen LogP contribution in [0.25, 0.3) is 0 Å². The van der Waals surface area contributed by atoms with Gasteiger partial charge in [0.05, 0.1) is 5.41 Å². The van der Waals surface area contributed by atoms with Gasteiger partial charge in [-0.2, -0.15) is 13.2 Å². The van der Waals surface area contributed by atoms with Crippen LogP contribution in [-0.4, -0.2) is 41.3 Å². The van der Waals surface area contributed by atoms with Gasteiger partial charge >= 0.3 is 18.2 Å². The number of carbonyl (C=O) groups excluding carboxylic acids is 1. The number of rotatable bonds is 3. The quantitative estimate of drug-likeness (QED) is 0.798. The van der Waals surface area contributed by atoms with Gasteiger partial charge in [-0.25, -0.2) is 9.18 Å². The highest BCUT2D eigenvalue weighted by molar-refractivity contribution is 5.80. The fourth-order valence-electron chi connectivity index (χ4n) is 4.02. The number of aliphatic carboxylic acids is 1. The van der Waals surface area contributed by atoms with Crippen molar-refractivity contribution in [1.29, 1.82) is 0 Å². The van der Waals surface area contributed by atoms with Crippen molar-refractivity contribution in [1.82, 2.24) is 10.2 Å². The van der Waals surface area contributed by atoms with E-state index < -0.39 is 35.5 Å². The standard InChI is InChI=1S/C17H18F4N2O3/c18-12-5-3-10(4-6-12)13(17(19,20)21)22-15(26)23-8-11-2-1-7-16(11,9-23)14(24)25/h3-6,11,13H,1-2,7-9H2,(H,22,26)(H,24,25)/t11-,13+,16+/m0/s1. The number of likely N-dealkylation sites (tertiary alicyclic amines) is 1. The van der Waals surface area contributed by atoms with E-state index in [2.05, 4.69) is 0 Å². The number of halogens is 4. The number of nitrogens with zero attached hydrogens (tertiary/aromatic N) is 1. The van der Waals surface area contributed by atoms with Gasteiger partial charge in [0.15, 0.2) is 6.04 Å². The Kier molecular flexibility index (Phi) is 4.58. The lowest BCUT2D eigenvalue weighted by Gasteiger charge is -2.27. The number of carboxylic acid groups (broad SMARTS) is 1. The Hall–Kier alpha value is -2.32. The summed E-state index contributed by atoms with van der Waals surface area (Å²) in [5.74, 6) is -1.95. The molecule has 1 saturated heterocycles. The monoisotopic (exact) mass is 374 g/mol. The van der Waals surface area contributed by atoms with Crippen molar-refractivity contribution in [3.63, 3.8) is 0 Å². The topological polar surface area (TPSA) is 69.6 Å². The van der Waals surface area contributed by atoms with E-state index in [4.69, 9.17) is 0 Å². The number of urea groups is 1. The number of carbonyl (C=O) groups is 2. The predicted octanol–water partition coefficient (Wildman–Crippen LogP) is 3.33. The predicted molar refractivity (Wildman–Crippen MR) is 82.7 cm³/mol. The number of carboxylic acids is 1. The molecule has 1 aliphatic heterocycles. The number of alkyl halides is 3. The molecule has 2 aliphatic rings.